The highest BCUT2D eigenvalue weighted by Crippen LogP contribution is 2.08. The Balaban J connectivity index is 2.66. The highest BCUT2D eigenvalue weighted by molar-refractivity contribution is 5.75. The quantitative estimate of drug-likeness (QED) is 0.689. The molecular weight excluding hydrogens is 196 g/mol. The number of ether oxygens (including phenoxy) is 1. The fraction of sp³-hybridized carbons (Fsp3) is 0.400. The van der Waals surface area contributed by atoms with E-state index in [0.29, 0.717) is 6.42 Å². The summed E-state index contributed by atoms with van der Waals surface area (Å²) in [5, 5.41) is 11.9. The van der Waals surface area contributed by atoms with Crippen molar-refractivity contribution in [2.75, 3.05) is 14.2 Å². The van der Waals surface area contributed by atoms with E-state index in [9.17, 15) is 4.79 Å². The number of carbonyl (C=O) groups is 1. The van der Waals surface area contributed by atoms with Gasteiger partial charge in [-0.15, -0.1) is 0 Å². The molecule has 5 nitrogen and oxygen atoms in total. The highest BCUT2D eigenvalue weighted by Gasteiger charge is 2.17. The Bertz CT molecular complexity index is 324. The molecule has 5 heteroatoms. The van der Waals surface area contributed by atoms with Crippen LogP contribution in [0.15, 0.2) is 18.3 Å². The van der Waals surface area contributed by atoms with E-state index >= 15 is 0 Å². The van der Waals surface area contributed by atoms with Crippen molar-refractivity contribution in [1.82, 2.24) is 10.3 Å². The number of nitrogens with one attached hydrogen (secondary N) is 1. The molecule has 0 aliphatic carbocycles. The van der Waals surface area contributed by atoms with E-state index < -0.39 is 6.04 Å². The maximum absolute atomic E-state index is 11.3. The Hall–Kier alpha value is -1.62. The average Bonchev–Trinajstić information content (AvgIpc) is 2.27. The van der Waals surface area contributed by atoms with Crippen LogP contribution in [0.2, 0.25) is 0 Å². The van der Waals surface area contributed by atoms with E-state index in [1.54, 1.807) is 13.1 Å². The molecule has 0 saturated carbocycles. The molecular formula is C10H14N2O3. The number of pyridine rings is 1. The lowest BCUT2D eigenvalue weighted by Gasteiger charge is -2.12. The van der Waals surface area contributed by atoms with Gasteiger partial charge < -0.3 is 15.2 Å². The molecule has 0 amide bonds. The highest BCUT2D eigenvalue weighted by atomic mass is 16.5. The topological polar surface area (TPSA) is 71.5 Å². The summed E-state index contributed by atoms with van der Waals surface area (Å²) in [6, 6.07) is 2.79. The molecule has 1 aromatic rings. The fourth-order valence-electron chi connectivity index (χ4n) is 1.19. The lowest BCUT2D eigenvalue weighted by atomic mass is 10.1. The van der Waals surface area contributed by atoms with Crippen LogP contribution in [0.25, 0.3) is 0 Å². The number of hydrogen-bond donors (Lipinski definition) is 2. The van der Waals surface area contributed by atoms with Crippen molar-refractivity contribution < 1.29 is 14.6 Å². The van der Waals surface area contributed by atoms with Crippen LogP contribution in [0, 0.1) is 0 Å². The summed E-state index contributed by atoms with van der Waals surface area (Å²) < 4.78 is 4.62. The molecule has 0 aliphatic heterocycles. The zero-order chi connectivity index (χ0) is 11.3. The van der Waals surface area contributed by atoms with Gasteiger partial charge in [0.05, 0.1) is 13.3 Å². The predicted molar refractivity (Wildman–Crippen MR) is 54.5 cm³/mol. The van der Waals surface area contributed by atoms with E-state index in [0.717, 1.165) is 5.69 Å². The van der Waals surface area contributed by atoms with Crippen molar-refractivity contribution in [3.05, 3.63) is 24.0 Å². The summed E-state index contributed by atoms with van der Waals surface area (Å²) in [6.45, 7) is 0. The SMILES string of the molecule is CN[C@@H](Cc1ccc(O)cn1)C(=O)OC. The first-order valence-corrected chi connectivity index (χ1v) is 4.56. The third kappa shape index (κ3) is 3.21. The van der Waals surface area contributed by atoms with Gasteiger partial charge in [-0.25, -0.2) is 0 Å². The van der Waals surface area contributed by atoms with Crippen molar-refractivity contribution in [2.45, 2.75) is 12.5 Å². The number of aromatic hydroxyl groups is 1. The van der Waals surface area contributed by atoms with Crippen LogP contribution in [0.4, 0.5) is 0 Å². The van der Waals surface area contributed by atoms with Gasteiger partial charge in [0, 0.05) is 12.1 Å². The maximum Gasteiger partial charge on any atom is 0.323 e. The molecule has 1 aromatic heterocycles. The number of hydrogen-bond acceptors (Lipinski definition) is 5. The van der Waals surface area contributed by atoms with Crippen molar-refractivity contribution in [3.63, 3.8) is 0 Å². The lowest BCUT2D eigenvalue weighted by molar-refractivity contribution is -0.142. The third-order valence-electron chi connectivity index (χ3n) is 2.06. The van der Waals surface area contributed by atoms with Crippen LogP contribution in [-0.2, 0) is 16.0 Å². The first-order chi connectivity index (χ1) is 7.17. The Labute approximate surface area is 88.1 Å². The molecule has 0 spiro atoms. The molecule has 0 unspecified atom stereocenters. The van der Waals surface area contributed by atoms with Crippen molar-refractivity contribution in [2.24, 2.45) is 0 Å². The normalized spacial score (nSPS) is 12.1. The van der Waals surface area contributed by atoms with Crippen molar-refractivity contribution >= 4 is 5.97 Å². The van der Waals surface area contributed by atoms with Gasteiger partial charge in [-0.2, -0.15) is 0 Å². The fourth-order valence-corrected chi connectivity index (χ4v) is 1.19. The number of nitrogens with zero attached hydrogens (tertiary/aromatic N) is 1. The Morgan fingerprint density at radius 2 is 2.40 bits per heavy atom. The summed E-state index contributed by atoms with van der Waals surface area (Å²) in [7, 11) is 3.03. The second-order valence-electron chi connectivity index (χ2n) is 3.08. The van der Waals surface area contributed by atoms with Gasteiger partial charge in [0.15, 0.2) is 0 Å². The van der Waals surface area contributed by atoms with Gasteiger partial charge >= 0.3 is 5.97 Å². The zero-order valence-corrected chi connectivity index (χ0v) is 8.73. The summed E-state index contributed by atoms with van der Waals surface area (Å²) in [5.41, 5.74) is 0.720. The minimum Gasteiger partial charge on any atom is -0.506 e. The largest absolute Gasteiger partial charge is 0.506 e. The maximum atomic E-state index is 11.3. The first-order valence-electron chi connectivity index (χ1n) is 4.56. The van der Waals surface area contributed by atoms with Gasteiger partial charge in [0.1, 0.15) is 11.8 Å². The predicted octanol–water partition coefficient (Wildman–Crippen LogP) is 0.0907. The lowest BCUT2D eigenvalue weighted by Crippen LogP contribution is -2.37. The monoisotopic (exact) mass is 210 g/mol. The molecule has 0 radical (unpaired) electrons. The van der Waals surface area contributed by atoms with Crippen molar-refractivity contribution in [1.29, 1.82) is 0 Å². The molecule has 2 N–H and O–H groups in total. The van der Waals surface area contributed by atoms with E-state index in [4.69, 9.17) is 5.11 Å². The van der Waals surface area contributed by atoms with Gasteiger partial charge in [-0.05, 0) is 19.2 Å². The minimum atomic E-state index is -0.410. The molecule has 82 valence electrons. The van der Waals surface area contributed by atoms with Crippen LogP contribution < -0.4 is 5.32 Å². The number of carbonyl (C=O) groups excluding carboxylic acids is 1. The van der Waals surface area contributed by atoms with Crippen LogP contribution in [0.1, 0.15) is 5.69 Å². The second kappa shape index (κ2) is 5.31. The number of rotatable bonds is 4. The summed E-state index contributed by atoms with van der Waals surface area (Å²) in [4.78, 5) is 15.2. The van der Waals surface area contributed by atoms with E-state index in [2.05, 4.69) is 15.0 Å². The number of methoxy groups -OCH3 is 1. The molecule has 1 atom stereocenters. The molecule has 1 rings (SSSR count). The zero-order valence-electron chi connectivity index (χ0n) is 8.73. The third-order valence-corrected chi connectivity index (χ3v) is 2.06. The van der Waals surface area contributed by atoms with Gasteiger partial charge in [-0.1, -0.05) is 0 Å². The van der Waals surface area contributed by atoms with Crippen LogP contribution in [0.5, 0.6) is 5.75 Å². The van der Waals surface area contributed by atoms with Crippen LogP contribution >= 0.6 is 0 Å². The van der Waals surface area contributed by atoms with Crippen molar-refractivity contribution in [3.8, 4) is 5.75 Å². The number of likely N-dealkylation sites (N-methyl/N-ethyl adjacent to an activating group) is 1. The Morgan fingerprint density at radius 3 is 2.87 bits per heavy atom. The minimum absolute atomic E-state index is 0.109. The van der Waals surface area contributed by atoms with Crippen LogP contribution in [-0.4, -0.2) is 36.3 Å². The summed E-state index contributed by atoms with van der Waals surface area (Å²) >= 11 is 0. The molecule has 0 fully saturated rings. The first kappa shape index (κ1) is 11.5. The molecule has 0 bridgehead atoms. The molecule has 0 aromatic carbocycles. The molecule has 0 saturated heterocycles. The van der Waals surface area contributed by atoms with Crippen LogP contribution in [0.3, 0.4) is 0 Å². The molecule has 0 aliphatic rings. The number of esters is 1. The molecule has 1 heterocycles. The standard InChI is InChI=1S/C10H14N2O3/c1-11-9(10(14)15-2)5-7-3-4-8(13)6-12-7/h3-4,6,9,11,13H,5H2,1-2H3/t9-/m0/s1. The number of aromatic nitrogens is 1. The average molecular weight is 210 g/mol. The summed E-state index contributed by atoms with van der Waals surface area (Å²) in [6.07, 6.45) is 1.78. The van der Waals surface area contributed by atoms with Gasteiger partial charge in [-0.3, -0.25) is 9.78 Å². The van der Waals surface area contributed by atoms with Gasteiger partial charge in [0.25, 0.3) is 0 Å². The Kier molecular flexibility index (Phi) is 4.05. The summed E-state index contributed by atoms with van der Waals surface area (Å²) in [5.74, 6) is -0.217. The van der Waals surface area contributed by atoms with E-state index in [-0.39, 0.29) is 11.7 Å². The van der Waals surface area contributed by atoms with E-state index in [1.165, 1.54) is 19.4 Å². The van der Waals surface area contributed by atoms with E-state index in [1.807, 2.05) is 0 Å². The van der Waals surface area contributed by atoms with Gasteiger partial charge in [0.2, 0.25) is 0 Å². The smallest absolute Gasteiger partial charge is 0.323 e. The second-order valence-corrected chi connectivity index (χ2v) is 3.08. The molecule has 15 heavy (non-hydrogen) atoms. The Morgan fingerprint density at radius 1 is 1.67 bits per heavy atom.